The van der Waals surface area contributed by atoms with E-state index in [2.05, 4.69) is 203 Å². The summed E-state index contributed by atoms with van der Waals surface area (Å²) in [5.41, 5.74) is 23.5. The third kappa shape index (κ3) is 11.2. The number of rotatable bonds is 16. The van der Waals surface area contributed by atoms with Gasteiger partial charge in [0.15, 0.2) is 0 Å². The van der Waals surface area contributed by atoms with Gasteiger partial charge in [-0.05, 0) is 227 Å². The molecule has 0 aliphatic carbocycles. The monoisotopic (exact) mass is 1040 g/mol. The minimum Gasteiger partial charge on any atom is -0.496 e. The van der Waals surface area contributed by atoms with Crippen molar-refractivity contribution in [1.82, 2.24) is 0 Å². The number of hydrogen-bond acceptors (Lipinski definition) is 7. The van der Waals surface area contributed by atoms with Gasteiger partial charge in [0.05, 0.1) is 49.8 Å². The molecule has 0 radical (unpaired) electrons. The highest BCUT2D eigenvalue weighted by atomic mass is 16.5. The maximum absolute atomic E-state index is 5.81. The van der Waals surface area contributed by atoms with Crippen LogP contribution in [0.2, 0.25) is 0 Å². The summed E-state index contributed by atoms with van der Waals surface area (Å²) in [5, 5.41) is 0. The topological polar surface area (TPSA) is 64.6 Å². The SMILES string of the molecule is COc1c(C)cc(C(C)(CC(C)(c2cc(C)c(OC)c(C)c2)c2cc(C)c(OC)c(C)c2)c2cc(C)c(OC)c(C)c2)cc1C.COc1c(C)cc(C(C)(c2cc(C)c(OC)c(C)c2)c2cc(C)c(OC)c(C)c2)cc1C. The second-order valence-electron chi connectivity index (χ2n) is 22.5. The van der Waals surface area contributed by atoms with Crippen LogP contribution in [0.1, 0.15) is 144 Å². The molecule has 7 heteroatoms. The summed E-state index contributed by atoms with van der Waals surface area (Å²) >= 11 is 0. The van der Waals surface area contributed by atoms with E-state index in [1.807, 2.05) is 0 Å². The molecule has 7 rings (SSSR count). The molecule has 0 fully saturated rings. The van der Waals surface area contributed by atoms with Gasteiger partial charge >= 0.3 is 0 Å². The molecule has 0 atom stereocenters. The van der Waals surface area contributed by atoms with E-state index >= 15 is 0 Å². The predicted molar refractivity (Wildman–Crippen MR) is 320 cm³/mol. The first-order valence-corrected chi connectivity index (χ1v) is 26.8. The van der Waals surface area contributed by atoms with Crippen molar-refractivity contribution >= 4 is 0 Å². The Balaban J connectivity index is 0.000000264. The van der Waals surface area contributed by atoms with Crippen LogP contribution in [0.5, 0.6) is 40.2 Å². The summed E-state index contributed by atoms with van der Waals surface area (Å²) in [4.78, 5) is 0. The van der Waals surface area contributed by atoms with E-state index in [-0.39, 0.29) is 16.2 Å². The van der Waals surface area contributed by atoms with Crippen molar-refractivity contribution in [3.63, 3.8) is 0 Å². The van der Waals surface area contributed by atoms with Gasteiger partial charge in [-0.2, -0.15) is 0 Å². The van der Waals surface area contributed by atoms with Gasteiger partial charge in [0.2, 0.25) is 0 Å². The Bertz CT molecular complexity index is 2770. The molecule has 0 N–H and O–H groups in total. The lowest BCUT2D eigenvalue weighted by molar-refractivity contribution is 0.382. The standard InChI is InChI=1S/C41H52O4.C29H36O3/c1-24-15-32(16-25(2)36(24)42-11)40(9,33-17-26(3)37(43-12)27(4)18-33)23-41(10,34-19-28(5)38(44-13)29(6)20-34)35-21-30(7)39(45-14)31(8)22-35;1-17-11-23(12-18(2)26(17)30-8)29(7,24-13-19(3)27(31-9)20(4)14-24)25-15-21(5)28(32-10)22(6)16-25/h15-22H,23H2,1-14H3;11-16H,1-10H3. The van der Waals surface area contributed by atoms with Gasteiger partial charge in [0, 0.05) is 16.2 Å². The molecule has 0 bridgehead atoms. The minimum absolute atomic E-state index is 0.370. The maximum atomic E-state index is 5.81. The molecule has 7 nitrogen and oxygen atoms in total. The van der Waals surface area contributed by atoms with Gasteiger partial charge in [-0.15, -0.1) is 0 Å². The molecule has 0 saturated carbocycles. The third-order valence-electron chi connectivity index (χ3n) is 16.6. The largest absolute Gasteiger partial charge is 0.496 e. The first-order chi connectivity index (χ1) is 36.2. The molecule has 7 aromatic carbocycles. The molecule has 77 heavy (non-hydrogen) atoms. The van der Waals surface area contributed by atoms with E-state index in [9.17, 15) is 0 Å². The highest BCUT2D eigenvalue weighted by Crippen LogP contribution is 2.51. The summed E-state index contributed by atoms with van der Waals surface area (Å²) in [6.45, 7) is 37.0. The van der Waals surface area contributed by atoms with E-state index in [1.54, 1.807) is 49.8 Å². The van der Waals surface area contributed by atoms with Gasteiger partial charge in [-0.3, -0.25) is 0 Å². The van der Waals surface area contributed by atoms with Gasteiger partial charge in [-0.1, -0.05) is 98.8 Å². The Morgan fingerprint density at radius 1 is 0.221 bits per heavy atom. The molecular weight excluding hydrogens is 953 g/mol. The van der Waals surface area contributed by atoms with E-state index in [1.165, 1.54) is 38.9 Å². The Morgan fingerprint density at radius 3 is 0.455 bits per heavy atom. The van der Waals surface area contributed by atoms with Crippen LogP contribution < -0.4 is 33.2 Å². The molecule has 7 aromatic rings. The van der Waals surface area contributed by atoms with E-state index < -0.39 is 0 Å². The smallest absolute Gasteiger partial charge is 0.124 e. The summed E-state index contributed by atoms with van der Waals surface area (Å²) in [6, 6.07) is 32.1. The molecule has 0 unspecified atom stereocenters. The highest BCUT2D eigenvalue weighted by molar-refractivity contribution is 5.61. The molecule has 410 valence electrons. The quantitative estimate of drug-likeness (QED) is 0.0894. The van der Waals surface area contributed by atoms with E-state index in [4.69, 9.17) is 33.2 Å². The Hall–Kier alpha value is -6.86. The molecule has 0 aromatic heterocycles. The molecule has 0 aliphatic rings. The van der Waals surface area contributed by atoms with Crippen LogP contribution in [0.15, 0.2) is 84.9 Å². The normalized spacial score (nSPS) is 11.7. The van der Waals surface area contributed by atoms with Gasteiger partial charge in [0.1, 0.15) is 40.2 Å². The van der Waals surface area contributed by atoms with Gasteiger partial charge in [0.25, 0.3) is 0 Å². The van der Waals surface area contributed by atoms with Gasteiger partial charge < -0.3 is 33.2 Å². The van der Waals surface area contributed by atoms with Crippen LogP contribution >= 0.6 is 0 Å². The van der Waals surface area contributed by atoms with Crippen molar-refractivity contribution in [2.45, 2.75) is 140 Å². The molecule has 0 heterocycles. The van der Waals surface area contributed by atoms with E-state index in [0.29, 0.717) is 0 Å². The zero-order chi connectivity index (χ0) is 57.2. The average molecular weight is 1040 g/mol. The fourth-order valence-corrected chi connectivity index (χ4v) is 13.0. The maximum Gasteiger partial charge on any atom is 0.124 e. The van der Waals surface area contributed by atoms with Crippen molar-refractivity contribution in [2.75, 3.05) is 49.8 Å². The van der Waals surface area contributed by atoms with Crippen molar-refractivity contribution in [3.05, 3.63) is 202 Å². The minimum atomic E-state index is -0.387. The third-order valence-corrected chi connectivity index (χ3v) is 16.6. The number of ether oxygens (including phenoxy) is 7. The molecule has 0 spiro atoms. The average Bonchev–Trinajstić information content (AvgIpc) is 3.35. The van der Waals surface area contributed by atoms with Crippen molar-refractivity contribution < 1.29 is 33.2 Å². The predicted octanol–water partition coefficient (Wildman–Crippen LogP) is 16.8. The number of hydrogen-bond donors (Lipinski definition) is 0. The van der Waals surface area contributed by atoms with Crippen molar-refractivity contribution in [3.8, 4) is 40.2 Å². The second kappa shape index (κ2) is 23.4. The Morgan fingerprint density at radius 2 is 0.338 bits per heavy atom. The van der Waals surface area contributed by atoms with Crippen LogP contribution in [0, 0.1) is 96.9 Å². The molecule has 0 saturated heterocycles. The first-order valence-electron chi connectivity index (χ1n) is 26.8. The number of methoxy groups -OCH3 is 7. The highest BCUT2D eigenvalue weighted by Gasteiger charge is 2.42. The molecule has 0 aliphatic heterocycles. The summed E-state index contributed by atoms with van der Waals surface area (Å²) in [6.07, 6.45) is 0.812. The lowest BCUT2D eigenvalue weighted by Gasteiger charge is -2.43. The second-order valence-corrected chi connectivity index (χ2v) is 22.5. The van der Waals surface area contributed by atoms with Crippen LogP contribution in [0.4, 0.5) is 0 Å². The van der Waals surface area contributed by atoms with Crippen LogP contribution in [-0.4, -0.2) is 49.8 Å². The van der Waals surface area contributed by atoms with Crippen molar-refractivity contribution in [1.29, 1.82) is 0 Å². The molecule has 0 amide bonds. The fraction of sp³-hybridized carbons (Fsp3) is 0.400. The number of aryl methyl sites for hydroxylation is 14. The zero-order valence-corrected chi connectivity index (χ0v) is 51.1. The summed E-state index contributed by atoms with van der Waals surface area (Å²) in [5.74, 6) is 6.59. The van der Waals surface area contributed by atoms with Crippen LogP contribution in [0.3, 0.4) is 0 Å². The first kappa shape index (κ1) is 59.4. The van der Waals surface area contributed by atoms with Crippen molar-refractivity contribution in [2.24, 2.45) is 0 Å². The number of benzene rings is 7. The fourth-order valence-electron chi connectivity index (χ4n) is 13.0. The zero-order valence-electron chi connectivity index (χ0n) is 51.1. The Kier molecular flexibility index (Phi) is 18.0. The van der Waals surface area contributed by atoms with Crippen LogP contribution in [0.25, 0.3) is 0 Å². The summed E-state index contributed by atoms with van der Waals surface area (Å²) < 4.78 is 40.2. The Labute approximate surface area is 463 Å². The summed E-state index contributed by atoms with van der Waals surface area (Å²) in [7, 11) is 12.2. The van der Waals surface area contributed by atoms with Gasteiger partial charge in [-0.25, -0.2) is 0 Å². The lowest BCUT2D eigenvalue weighted by Crippen LogP contribution is -2.36. The van der Waals surface area contributed by atoms with Crippen LogP contribution in [-0.2, 0) is 16.2 Å². The lowest BCUT2D eigenvalue weighted by atomic mass is 9.60. The molecular formula is C70H88O7. The van der Waals surface area contributed by atoms with E-state index in [0.717, 1.165) is 125 Å².